The molecule has 0 aliphatic carbocycles. The smallest absolute Gasteiger partial charge is 0.193 e. The van der Waals surface area contributed by atoms with Crippen LogP contribution in [0.1, 0.15) is 139 Å². The molecule has 12 heteroatoms. The van der Waals surface area contributed by atoms with E-state index in [4.69, 9.17) is 13.3 Å². The fraction of sp³-hybridized carbons (Fsp3) is 0.796. The number of aromatic nitrogens is 1. The Labute approximate surface area is 383 Å². The van der Waals surface area contributed by atoms with Crippen molar-refractivity contribution in [3.63, 3.8) is 0 Å². The van der Waals surface area contributed by atoms with E-state index in [2.05, 4.69) is 158 Å². The van der Waals surface area contributed by atoms with Crippen molar-refractivity contribution < 1.29 is 27.6 Å². The molecule has 1 aromatic heterocycles. The first kappa shape index (κ1) is 58.0. The molecule has 61 heavy (non-hydrogen) atoms. The van der Waals surface area contributed by atoms with E-state index < -0.39 is 56.6 Å². The van der Waals surface area contributed by atoms with Crippen LogP contribution in [0.4, 0.5) is 4.39 Å². The molecule has 0 fully saturated rings. The van der Waals surface area contributed by atoms with Crippen molar-refractivity contribution in [2.45, 2.75) is 228 Å². The maximum absolute atomic E-state index is 16.0. The number of rotatable bonds is 22. The Morgan fingerprint density at radius 2 is 1.36 bits per heavy atom. The van der Waals surface area contributed by atoms with Gasteiger partial charge in [-0.3, -0.25) is 4.79 Å². The normalized spacial score (nSPS) is 17.1. The molecule has 1 rings (SSSR count). The van der Waals surface area contributed by atoms with E-state index in [9.17, 15) is 5.11 Å². The highest BCUT2D eigenvalue weighted by atomic mass is 32.1. The van der Waals surface area contributed by atoms with E-state index in [-0.39, 0.29) is 45.4 Å². The van der Waals surface area contributed by atoms with E-state index >= 15 is 9.18 Å². The Morgan fingerprint density at radius 1 is 0.852 bits per heavy atom. The molecule has 1 N–H and O–H groups in total. The Hall–Kier alpha value is -1.02. The molecule has 0 aliphatic heterocycles. The molecule has 5 unspecified atom stereocenters. The van der Waals surface area contributed by atoms with Crippen molar-refractivity contribution in [2.24, 2.45) is 17.3 Å². The molecule has 0 radical (unpaired) electrons. The molecule has 352 valence electrons. The maximum atomic E-state index is 16.0. The van der Waals surface area contributed by atoms with Crippen LogP contribution in [0.2, 0.25) is 74.0 Å². The molecular formula is C49H92FNO5SSi4. The van der Waals surface area contributed by atoms with Crippen LogP contribution in [0.25, 0.3) is 6.08 Å². The fourth-order valence-corrected chi connectivity index (χ4v) is 11.8. The molecule has 0 spiro atoms. The summed E-state index contributed by atoms with van der Waals surface area (Å²) in [6, 6.07) is 0. The van der Waals surface area contributed by atoms with Gasteiger partial charge in [-0.25, -0.2) is 9.37 Å². The number of thiazole rings is 1. The summed E-state index contributed by atoms with van der Waals surface area (Å²) in [5.41, 5.74) is 4.50. The van der Waals surface area contributed by atoms with Gasteiger partial charge in [0.05, 0.1) is 28.8 Å². The summed E-state index contributed by atoms with van der Waals surface area (Å²) in [5, 5.41) is 12.9. The van der Waals surface area contributed by atoms with Gasteiger partial charge in [-0.2, -0.15) is 0 Å². The molecule has 0 aliphatic rings. The minimum absolute atomic E-state index is 0.0541. The molecular weight excluding hydrogens is 846 g/mol. The Morgan fingerprint density at radius 3 is 1.82 bits per heavy atom. The Kier molecular flexibility index (Phi) is 21.3. The third kappa shape index (κ3) is 18.1. The van der Waals surface area contributed by atoms with Gasteiger partial charge in [-0.05, 0) is 112 Å². The standard InChI is InChI=1S/C49H92FNO5SSi4/c1-36(29-30-42(54-59(18,19)46(4,5)6)41(50)34-39-35-57-38(3)51-39)26-24-27-37(2)44(56-61(22,23)48(10,11)12)40(28-25-33-58(15,16)17)45(53)49(13,14)43(31-32-52)55-60(20,21)47(7,8)9/h29,34-35,37,40,42-44,52H,24,26-28,30-32H2,1-23H3. The molecule has 0 saturated carbocycles. The Bertz CT molecular complexity index is 1680. The molecule has 5 atom stereocenters. The number of aryl methyl sites for hydroxylation is 1. The van der Waals surface area contributed by atoms with Crippen LogP contribution in [0.5, 0.6) is 0 Å². The average Bonchev–Trinajstić information content (AvgIpc) is 3.48. The van der Waals surface area contributed by atoms with Gasteiger partial charge >= 0.3 is 0 Å². The van der Waals surface area contributed by atoms with Crippen molar-refractivity contribution in [2.75, 3.05) is 6.61 Å². The maximum Gasteiger partial charge on any atom is 0.193 e. The Balaban J connectivity index is 3.65. The number of carbonyl (C=O) groups is 1. The number of hydrogen-bond acceptors (Lipinski definition) is 7. The molecule has 0 amide bonds. The second-order valence-electron chi connectivity index (χ2n) is 24.0. The summed E-state index contributed by atoms with van der Waals surface area (Å²) in [7, 11) is -8.66. The van der Waals surface area contributed by atoms with Gasteiger partial charge in [0.2, 0.25) is 0 Å². The van der Waals surface area contributed by atoms with E-state index in [0.717, 1.165) is 24.3 Å². The molecule has 0 aromatic carbocycles. The highest BCUT2D eigenvalue weighted by Crippen LogP contribution is 2.45. The highest BCUT2D eigenvalue weighted by molar-refractivity contribution is 7.09. The van der Waals surface area contributed by atoms with Crippen LogP contribution < -0.4 is 0 Å². The summed E-state index contributed by atoms with van der Waals surface area (Å²) >= 11 is 1.51. The lowest BCUT2D eigenvalue weighted by atomic mass is 9.71. The van der Waals surface area contributed by atoms with Crippen LogP contribution in [0.15, 0.2) is 22.9 Å². The summed E-state index contributed by atoms with van der Waals surface area (Å²) in [6.07, 6.45) is 6.09. The third-order valence-electron chi connectivity index (χ3n) is 13.8. The van der Waals surface area contributed by atoms with Crippen LogP contribution in [-0.2, 0) is 18.1 Å². The van der Waals surface area contributed by atoms with Gasteiger partial charge in [-0.1, -0.05) is 114 Å². The summed E-state index contributed by atoms with van der Waals surface area (Å²) in [6.45, 7) is 50.3. The molecule has 1 aromatic rings. The van der Waals surface area contributed by atoms with E-state index in [0.29, 0.717) is 25.0 Å². The van der Waals surface area contributed by atoms with Crippen molar-refractivity contribution in [1.82, 2.24) is 4.98 Å². The SMILES string of the molecule is CC(=CCC(O[Si](C)(C)C(C)(C)C)C(F)=Cc1csc(C)n1)CCCC(C)C(O[Si](C)(C)C(C)(C)C)C(CC#C[Si](C)(C)C)C(=O)C(C)(C)C(CCO)O[Si](C)(C)C(C)(C)C. The van der Waals surface area contributed by atoms with Crippen LogP contribution in [0, 0.1) is 35.6 Å². The number of ketones is 1. The first-order valence-electron chi connectivity index (χ1n) is 22.9. The number of aliphatic hydroxyl groups excluding tert-OH is 1. The zero-order valence-electron chi connectivity index (χ0n) is 43.4. The number of hydrogen-bond donors (Lipinski definition) is 1. The van der Waals surface area contributed by atoms with Crippen LogP contribution in [-0.4, -0.2) is 73.8 Å². The van der Waals surface area contributed by atoms with E-state index in [1.807, 2.05) is 26.2 Å². The summed E-state index contributed by atoms with van der Waals surface area (Å²) in [4.78, 5) is 19.9. The number of aliphatic hydroxyl groups is 1. The van der Waals surface area contributed by atoms with Crippen molar-refractivity contribution in [1.29, 1.82) is 0 Å². The second-order valence-corrected chi connectivity index (χ2v) is 44.1. The zero-order valence-corrected chi connectivity index (χ0v) is 48.2. The second kappa shape index (κ2) is 22.4. The number of nitrogens with zero attached hydrogens (tertiary/aromatic N) is 1. The highest BCUT2D eigenvalue weighted by Gasteiger charge is 2.50. The van der Waals surface area contributed by atoms with Gasteiger partial charge in [-0.15, -0.1) is 22.8 Å². The minimum Gasteiger partial charge on any atom is -0.413 e. The first-order valence-corrected chi connectivity index (χ1v) is 36.0. The quantitative estimate of drug-likeness (QED) is 0.0709. The number of halogens is 1. The largest absolute Gasteiger partial charge is 0.413 e. The number of carbonyl (C=O) groups excluding carboxylic acids is 1. The molecule has 0 bridgehead atoms. The lowest BCUT2D eigenvalue weighted by Gasteiger charge is -2.47. The number of Topliss-reactive ketones (excluding diaryl/α,β-unsaturated/α-hetero) is 1. The topological polar surface area (TPSA) is 77.9 Å². The van der Waals surface area contributed by atoms with E-state index in [1.54, 1.807) is 0 Å². The average molecular weight is 939 g/mol. The molecule has 0 saturated heterocycles. The van der Waals surface area contributed by atoms with Gasteiger partial charge in [0.1, 0.15) is 25.8 Å². The lowest BCUT2D eigenvalue weighted by molar-refractivity contribution is -0.141. The zero-order chi connectivity index (χ0) is 47.8. The van der Waals surface area contributed by atoms with Crippen molar-refractivity contribution in [3.8, 4) is 11.5 Å². The monoisotopic (exact) mass is 938 g/mol. The van der Waals surface area contributed by atoms with Crippen molar-refractivity contribution in [3.05, 3.63) is 33.6 Å². The summed E-state index contributed by atoms with van der Waals surface area (Å²) in [5.74, 6) is 2.94. The van der Waals surface area contributed by atoms with Gasteiger partial charge in [0, 0.05) is 23.8 Å². The van der Waals surface area contributed by atoms with Gasteiger partial charge in [0.15, 0.2) is 25.0 Å². The predicted octanol–water partition coefficient (Wildman–Crippen LogP) is 14.9. The van der Waals surface area contributed by atoms with Crippen molar-refractivity contribution >= 4 is 56.2 Å². The third-order valence-corrected chi connectivity index (χ3v) is 28.9. The van der Waals surface area contributed by atoms with Gasteiger partial charge < -0.3 is 18.4 Å². The lowest BCUT2D eigenvalue weighted by Crippen LogP contribution is -2.54. The van der Waals surface area contributed by atoms with Crippen LogP contribution >= 0.6 is 11.3 Å². The summed E-state index contributed by atoms with van der Waals surface area (Å²) < 4.78 is 37.1. The number of allylic oxidation sites excluding steroid dienone is 1. The fourth-order valence-electron chi connectivity index (χ4n) is 6.46. The predicted molar refractivity (Wildman–Crippen MR) is 273 cm³/mol. The van der Waals surface area contributed by atoms with Gasteiger partial charge in [0.25, 0.3) is 0 Å². The minimum atomic E-state index is -2.36. The van der Waals surface area contributed by atoms with E-state index in [1.165, 1.54) is 23.0 Å². The first-order chi connectivity index (χ1) is 27.3. The molecule has 6 nitrogen and oxygen atoms in total. The van der Waals surface area contributed by atoms with Crippen LogP contribution in [0.3, 0.4) is 0 Å². The molecule has 1 heterocycles.